The molecule has 8 nitrogen and oxygen atoms in total. The molecule has 0 radical (unpaired) electrons. The molecule has 0 fully saturated rings. The molecule has 9 heteroatoms. The van der Waals surface area contributed by atoms with E-state index < -0.39 is 5.69 Å². The average Bonchev–Trinajstić information content (AvgIpc) is 3.13. The number of nitrogens with one attached hydrogen (secondary N) is 1. The molecule has 0 spiro atoms. The van der Waals surface area contributed by atoms with Crippen LogP contribution < -0.4 is 10.4 Å². The molecular formula is C14H16N6O2S. The van der Waals surface area contributed by atoms with E-state index in [2.05, 4.69) is 47.3 Å². The van der Waals surface area contributed by atoms with Crippen LogP contribution in [0.3, 0.4) is 0 Å². The van der Waals surface area contributed by atoms with Crippen LogP contribution in [-0.2, 0) is 6.61 Å². The molecule has 0 aliphatic carbocycles. The van der Waals surface area contributed by atoms with Crippen molar-refractivity contribution < 1.29 is 4.74 Å². The second-order valence-corrected chi connectivity index (χ2v) is 5.69. The van der Waals surface area contributed by atoms with E-state index in [1.165, 1.54) is 8.77 Å². The molecule has 0 saturated heterocycles. The standard InChI is InChI=1S/C14H16N6O2S/c1-9(2)10-4-3-5-12(20-14(21)15-17-18-20)11(10)8-22-13-6-7-19(23)16-13/h3-7,9,23H,8H2,1-2H3,(H,15,18,21). The fourth-order valence-electron chi connectivity index (χ4n) is 2.37. The van der Waals surface area contributed by atoms with Crippen LogP contribution in [0, 0.1) is 0 Å². The first-order valence-electron chi connectivity index (χ1n) is 7.06. The minimum Gasteiger partial charge on any atom is -0.472 e. The van der Waals surface area contributed by atoms with Crippen LogP contribution in [0.4, 0.5) is 0 Å². The number of nitrogens with zero attached hydrogens (tertiary/aromatic N) is 5. The first-order valence-corrected chi connectivity index (χ1v) is 7.46. The molecule has 0 unspecified atom stereocenters. The monoisotopic (exact) mass is 332 g/mol. The summed E-state index contributed by atoms with van der Waals surface area (Å²) in [6.45, 7) is 4.42. The molecular weight excluding hydrogens is 316 g/mol. The van der Waals surface area contributed by atoms with Crippen molar-refractivity contribution in [1.29, 1.82) is 0 Å². The summed E-state index contributed by atoms with van der Waals surface area (Å²) in [5.41, 5.74) is 2.18. The van der Waals surface area contributed by atoms with Gasteiger partial charge in [-0.15, -0.1) is 5.10 Å². The average molecular weight is 332 g/mol. The number of hydrogen-bond donors (Lipinski definition) is 2. The number of H-pyrrole nitrogens is 1. The van der Waals surface area contributed by atoms with Crippen molar-refractivity contribution in [3.05, 3.63) is 52.1 Å². The van der Waals surface area contributed by atoms with E-state index in [1.54, 1.807) is 12.3 Å². The molecule has 0 saturated carbocycles. The highest BCUT2D eigenvalue weighted by Gasteiger charge is 2.16. The highest BCUT2D eigenvalue weighted by atomic mass is 32.1. The van der Waals surface area contributed by atoms with Gasteiger partial charge in [0, 0.05) is 17.8 Å². The van der Waals surface area contributed by atoms with Gasteiger partial charge in [-0.25, -0.2) is 14.0 Å². The van der Waals surface area contributed by atoms with Crippen molar-refractivity contribution in [2.24, 2.45) is 0 Å². The molecule has 1 aromatic carbocycles. The largest absolute Gasteiger partial charge is 0.472 e. The highest BCUT2D eigenvalue weighted by Crippen LogP contribution is 2.25. The highest BCUT2D eigenvalue weighted by molar-refractivity contribution is 7.78. The van der Waals surface area contributed by atoms with E-state index in [9.17, 15) is 4.79 Å². The van der Waals surface area contributed by atoms with Crippen molar-refractivity contribution in [2.75, 3.05) is 0 Å². The van der Waals surface area contributed by atoms with Gasteiger partial charge >= 0.3 is 5.69 Å². The Morgan fingerprint density at radius 2 is 2.17 bits per heavy atom. The molecule has 0 bridgehead atoms. The second kappa shape index (κ2) is 6.29. The number of hydrogen-bond acceptors (Lipinski definition) is 6. The molecule has 23 heavy (non-hydrogen) atoms. The minimum atomic E-state index is -0.396. The Hall–Kier alpha value is -2.55. The number of benzene rings is 1. The molecule has 3 rings (SSSR count). The Bertz CT molecular complexity index is 866. The van der Waals surface area contributed by atoms with Crippen molar-refractivity contribution in [1.82, 2.24) is 29.4 Å². The van der Waals surface area contributed by atoms with E-state index in [4.69, 9.17) is 4.74 Å². The van der Waals surface area contributed by atoms with E-state index in [1.807, 2.05) is 18.2 Å². The maximum Gasteiger partial charge on any atom is 0.365 e. The van der Waals surface area contributed by atoms with Crippen molar-refractivity contribution >= 4 is 12.8 Å². The Morgan fingerprint density at radius 1 is 1.35 bits per heavy atom. The van der Waals surface area contributed by atoms with Crippen LogP contribution in [0.5, 0.6) is 5.88 Å². The Balaban J connectivity index is 2.01. The predicted molar refractivity (Wildman–Crippen MR) is 87.0 cm³/mol. The van der Waals surface area contributed by atoms with Gasteiger partial charge in [-0.1, -0.05) is 26.0 Å². The van der Waals surface area contributed by atoms with Gasteiger partial charge in [0.15, 0.2) is 0 Å². The van der Waals surface area contributed by atoms with E-state index in [0.29, 0.717) is 11.6 Å². The summed E-state index contributed by atoms with van der Waals surface area (Å²) in [5, 5.41) is 13.7. The van der Waals surface area contributed by atoms with Crippen LogP contribution in [0.1, 0.15) is 30.9 Å². The van der Waals surface area contributed by atoms with Crippen molar-refractivity contribution in [3.63, 3.8) is 0 Å². The first kappa shape index (κ1) is 15.3. The molecule has 0 atom stereocenters. The fraction of sp³-hybridized carbons (Fsp3) is 0.286. The summed E-state index contributed by atoms with van der Waals surface area (Å²) in [5.74, 6) is 0.718. The van der Waals surface area contributed by atoms with Crippen LogP contribution in [0.2, 0.25) is 0 Å². The lowest BCUT2D eigenvalue weighted by Gasteiger charge is -2.16. The Morgan fingerprint density at radius 3 is 2.78 bits per heavy atom. The SMILES string of the molecule is CC(C)c1cccc(-n2nn[nH]c2=O)c1COc1ccn(S)n1. The van der Waals surface area contributed by atoms with Gasteiger partial charge in [-0.05, 0) is 40.8 Å². The number of rotatable bonds is 5. The molecule has 0 amide bonds. The van der Waals surface area contributed by atoms with Gasteiger partial charge in [0.05, 0.1) is 5.69 Å². The summed E-state index contributed by atoms with van der Waals surface area (Å²) < 4.78 is 8.32. The van der Waals surface area contributed by atoms with Crippen LogP contribution in [-0.4, -0.2) is 29.4 Å². The van der Waals surface area contributed by atoms with E-state index in [0.717, 1.165) is 11.1 Å². The smallest absolute Gasteiger partial charge is 0.365 e. The third-order valence-electron chi connectivity index (χ3n) is 3.43. The van der Waals surface area contributed by atoms with E-state index >= 15 is 0 Å². The Labute approximate surface area is 137 Å². The maximum absolute atomic E-state index is 11.8. The lowest BCUT2D eigenvalue weighted by Crippen LogP contribution is -2.19. The van der Waals surface area contributed by atoms with Gasteiger partial charge in [-0.2, -0.15) is 4.68 Å². The second-order valence-electron chi connectivity index (χ2n) is 5.28. The lowest BCUT2D eigenvalue weighted by atomic mass is 9.96. The topological polar surface area (TPSA) is 90.6 Å². The zero-order chi connectivity index (χ0) is 16.4. The number of thiol groups is 1. The molecule has 0 aliphatic heterocycles. The minimum absolute atomic E-state index is 0.258. The van der Waals surface area contributed by atoms with Gasteiger partial charge in [-0.3, -0.25) is 0 Å². The van der Waals surface area contributed by atoms with Crippen molar-refractivity contribution in [3.8, 4) is 11.6 Å². The number of aromatic nitrogens is 6. The van der Waals surface area contributed by atoms with Crippen LogP contribution >= 0.6 is 12.8 Å². The van der Waals surface area contributed by atoms with Crippen molar-refractivity contribution in [2.45, 2.75) is 26.4 Å². The molecule has 2 aromatic heterocycles. The fourth-order valence-corrected chi connectivity index (χ4v) is 2.52. The van der Waals surface area contributed by atoms with Crippen LogP contribution in [0.25, 0.3) is 5.69 Å². The van der Waals surface area contributed by atoms with E-state index in [-0.39, 0.29) is 12.5 Å². The summed E-state index contributed by atoms with van der Waals surface area (Å²) >= 11 is 4.08. The summed E-state index contributed by atoms with van der Waals surface area (Å²) in [6.07, 6.45) is 1.68. The predicted octanol–water partition coefficient (Wildman–Crippen LogP) is 1.55. The molecule has 2 heterocycles. The zero-order valence-electron chi connectivity index (χ0n) is 12.7. The van der Waals surface area contributed by atoms with Crippen LogP contribution in [0.15, 0.2) is 35.3 Å². The molecule has 3 aromatic rings. The molecule has 1 N–H and O–H groups in total. The normalized spacial score (nSPS) is 11.1. The number of ether oxygens (including phenoxy) is 1. The maximum atomic E-state index is 11.8. The first-order chi connectivity index (χ1) is 11.1. The zero-order valence-corrected chi connectivity index (χ0v) is 13.6. The van der Waals surface area contributed by atoms with Gasteiger partial charge in [0.25, 0.3) is 0 Å². The molecule has 0 aliphatic rings. The quantitative estimate of drug-likeness (QED) is 0.692. The third-order valence-corrected chi connectivity index (χ3v) is 3.65. The Kier molecular flexibility index (Phi) is 4.20. The summed E-state index contributed by atoms with van der Waals surface area (Å²) in [7, 11) is 0. The van der Waals surface area contributed by atoms with Gasteiger partial charge in [0.1, 0.15) is 6.61 Å². The summed E-state index contributed by atoms with van der Waals surface area (Å²) in [6, 6.07) is 7.42. The lowest BCUT2D eigenvalue weighted by molar-refractivity contribution is 0.290. The van der Waals surface area contributed by atoms with Gasteiger partial charge in [0.2, 0.25) is 5.88 Å². The van der Waals surface area contributed by atoms with Gasteiger partial charge < -0.3 is 4.74 Å². The summed E-state index contributed by atoms with van der Waals surface area (Å²) in [4.78, 5) is 11.8. The molecule has 120 valence electrons. The number of tetrazole rings is 1. The third kappa shape index (κ3) is 3.14. The number of aromatic amines is 1.